The zero-order valence-electron chi connectivity index (χ0n) is 15.6. The lowest BCUT2D eigenvalue weighted by Gasteiger charge is -2.17. The van der Waals surface area contributed by atoms with Gasteiger partial charge in [-0.3, -0.25) is 14.8 Å². The quantitative estimate of drug-likeness (QED) is 0.542. The van der Waals surface area contributed by atoms with Crippen LogP contribution in [0.25, 0.3) is 22.2 Å². The fourth-order valence-corrected chi connectivity index (χ4v) is 4.23. The number of rotatable bonds is 6. The largest absolute Gasteiger partial charge is 0.394 e. The van der Waals surface area contributed by atoms with Crippen molar-refractivity contribution in [2.24, 2.45) is 0 Å². The van der Waals surface area contributed by atoms with E-state index in [0.29, 0.717) is 38.4 Å². The topological polar surface area (TPSA) is 108 Å². The first-order valence-electron chi connectivity index (χ1n) is 8.54. The molecule has 0 saturated heterocycles. The molecule has 0 bridgehead atoms. The van der Waals surface area contributed by atoms with Crippen LogP contribution in [0.3, 0.4) is 0 Å². The fraction of sp³-hybridized carbons (Fsp3) is 0.316. The number of pyridine rings is 1. The maximum absolute atomic E-state index is 13.7. The van der Waals surface area contributed by atoms with E-state index in [9.17, 15) is 19.1 Å². The number of H-pyrrole nitrogens is 2. The van der Waals surface area contributed by atoms with E-state index in [4.69, 9.17) is 4.74 Å². The van der Waals surface area contributed by atoms with Crippen molar-refractivity contribution >= 4 is 22.7 Å². The van der Waals surface area contributed by atoms with Gasteiger partial charge in [0.2, 0.25) is 0 Å². The average Bonchev–Trinajstić information content (AvgIpc) is 2.65. The molecule has 0 saturated carbocycles. The zero-order valence-corrected chi connectivity index (χ0v) is 16.4. The van der Waals surface area contributed by atoms with Crippen molar-refractivity contribution < 1.29 is 14.2 Å². The van der Waals surface area contributed by atoms with Crippen molar-refractivity contribution in [1.29, 1.82) is 0 Å². The van der Waals surface area contributed by atoms with Gasteiger partial charge in [-0.15, -0.1) is 11.8 Å². The Morgan fingerprint density at radius 3 is 2.64 bits per heavy atom. The highest BCUT2D eigenvalue weighted by Gasteiger charge is 2.19. The van der Waals surface area contributed by atoms with E-state index in [1.165, 1.54) is 18.9 Å². The number of hydrogen-bond donors (Lipinski definition) is 3. The molecule has 148 valence electrons. The van der Waals surface area contributed by atoms with Crippen molar-refractivity contribution in [3.8, 4) is 11.3 Å². The molecule has 0 aliphatic rings. The third-order valence-corrected chi connectivity index (χ3v) is 5.68. The van der Waals surface area contributed by atoms with Gasteiger partial charge in [0, 0.05) is 23.3 Å². The Hall–Kier alpha value is -2.49. The summed E-state index contributed by atoms with van der Waals surface area (Å²) in [6.07, 6.45) is 0.722. The molecule has 0 aliphatic heterocycles. The lowest BCUT2D eigenvalue weighted by molar-refractivity contribution is 0.0656. The number of thioether (sulfide) groups is 1. The molecule has 0 unspecified atom stereocenters. The average molecular weight is 405 g/mol. The number of benzene rings is 1. The molecule has 2 heterocycles. The number of aromatic amines is 2. The SMILES string of the molecule is CO[C@@H](CO)CSc1c(-c2cc(C)c(F)cn2)c(C)cc2c(=O)[nH]c(=O)[nH]c12. The monoisotopic (exact) mass is 405 g/mol. The molecule has 28 heavy (non-hydrogen) atoms. The Balaban J connectivity index is 2.30. The Morgan fingerprint density at radius 2 is 2.00 bits per heavy atom. The van der Waals surface area contributed by atoms with Crippen LogP contribution in [0, 0.1) is 19.7 Å². The molecule has 0 amide bonds. The van der Waals surface area contributed by atoms with E-state index >= 15 is 0 Å². The molecule has 1 aromatic carbocycles. The minimum Gasteiger partial charge on any atom is -0.394 e. The molecule has 1 atom stereocenters. The van der Waals surface area contributed by atoms with Crippen LogP contribution in [0.1, 0.15) is 11.1 Å². The van der Waals surface area contributed by atoms with Gasteiger partial charge in [-0.05, 0) is 37.1 Å². The smallest absolute Gasteiger partial charge is 0.326 e. The minimum atomic E-state index is -0.622. The Labute approximate surface area is 164 Å². The second-order valence-electron chi connectivity index (χ2n) is 6.40. The molecule has 0 fully saturated rings. The minimum absolute atomic E-state index is 0.173. The van der Waals surface area contributed by atoms with E-state index in [0.717, 1.165) is 11.8 Å². The van der Waals surface area contributed by atoms with Crippen LogP contribution in [0.4, 0.5) is 4.39 Å². The van der Waals surface area contributed by atoms with Crippen molar-refractivity contribution in [2.45, 2.75) is 24.8 Å². The highest BCUT2D eigenvalue weighted by atomic mass is 32.2. The number of hydrogen-bond acceptors (Lipinski definition) is 6. The van der Waals surface area contributed by atoms with E-state index in [1.54, 1.807) is 19.1 Å². The number of methoxy groups -OCH3 is 1. The highest BCUT2D eigenvalue weighted by molar-refractivity contribution is 7.99. The highest BCUT2D eigenvalue weighted by Crippen LogP contribution is 2.38. The van der Waals surface area contributed by atoms with Crippen molar-refractivity contribution in [3.05, 3.63) is 56.1 Å². The molecule has 3 N–H and O–H groups in total. The van der Waals surface area contributed by atoms with Gasteiger partial charge in [0.05, 0.1) is 35.5 Å². The summed E-state index contributed by atoms with van der Waals surface area (Å²) in [5.41, 5.74) is 1.66. The van der Waals surface area contributed by atoms with Crippen LogP contribution in [0.2, 0.25) is 0 Å². The number of ether oxygens (including phenoxy) is 1. The summed E-state index contributed by atoms with van der Waals surface area (Å²) in [6, 6.07) is 3.29. The maximum Gasteiger partial charge on any atom is 0.326 e. The summed E-state index contributed by atoms with van der Waals surface area (Å²) >= 11 is 1.33. The first kappa shape index (κ1) is 20.2. The Morgan fingerprint density at radius 1 is 1.25 bits per heavy atom. The van der Waals surface area contributed by atoms with Crippen LogP contribution in [-0.4, -0.2) is 45.6 Å². The normalized spacial score (nSPS) is 12.5. The first-order chi connectivity index (χ1) is 13.3. The van der Waals surface area contributed by atoms with Crippen molar-refractivity contribution in [2.75, 3.05) is 19.5 Å². The predicted molar refractivity (Wildman–Crippen MR) is 106 cm³/mol. The first-order valence-corrected chi connectivity index (χ1v) is 9.53. The van der Waals surface area contributed by atoms with Gasteiger partial charge in [0.25, 0.3) is 5.56 Å². The third-order valence-electron chi connectivity index (χ3n) is 4.44. The van der Waals surface area contributed by atoms with Gasteiger partial charge in [0.15, 0.2) is 0 Å². The number of aryl methyl sites for hydroxylation is 2. The van der Waals surface area contributed by atoms with Gasteiger partial charge in [0.1, 0.15) is 5.82 Å². The van der Waals surface area contributed by atoms with E-state index in [2.05, 4.69) is 15.0 Å². The maximum atomic E-state index is 13.7. The Bertz CT molecular complexity index is 1140. The molecule has 7 nitrogen and oxygen atoms in total. The molecular formula is C19H20FN3O4S. The molecule has 3 aromatic rings. The lowest BCUT2D eigenvalue weighted by atomic mass is 10.0. The van der Waals surface area contributed by atoms with Gasteiger partial charge >= 0.3 is 5.69 Å². The summed E-state index contributed by atoms with van der Waals surface area (Å²) in [7, 11) is 1.49. The number of halogens is 1. The molecule has 0 radical (unpaired) electrons. The standard InChI is InChI=1S/C19H20FN3O4S/c1-9-5-14(21-6-13(9)20)15-10(2)4-12-16(22-19(26)23-18(12)25)17(15)28-8-11(7-24)27-3/h4-6,11,24H,7-8H2,1-3H3,(H2,22,23,25,26)/t11-/m0/s1. The zero-order chi connectivity index (χ0) is 20.4. The van der Waals surface area contributed by atoms with E-state index in [-0.39, 0.29) is 6.61 Å². The predicted octanol–water partition coefficient (Wildman–Crippen LogP) is 2.13. The summed E-state index contributed by atoms with van der Waals surface area (Å²) < 4.78 is 18.9. The molecular weight excluding hydrogens is 385 g/mol. The third kappa shape index (κ3) is 3.87. The molecule has 2 aromatic heterocycles. The summed E-state index contributed by atoms with van der Waals surface area (Å²) in [4.78, 5) is 33.9. The van der Waals surface area contributed by atoms with Gasteiger partial charge in [-0.25, -0.2) is 9.18 Å². The van der Waals surface area contributed by atoms with Crippen LogP contribution in [-0.2, 0) is 4.74 Å². The van der Waals surface area contributed by atoms with Crippen LogP contribution >= 0.6 is 11.8 Å². The molecule has 0 aliphatic carbocycles. The fourth-order valence-electron chi connectivity index (χ4n) is 2.92. The van der Waals surface area contributed by atoms with E-state index < -0.39 is 23.2 Å². The van der Waals surface area contributed by atoms with Crippen molar-refractivity contribution in [1.82, 2.24) is 15.0 Å². The molecule has 0 spiro atoms. The van der Waals surface area contributed by atoms with Crippen LogP contribution < -0.4 is 11.2 Å². The van der Waals surface area contributed by atoms with E-state index in [1.807, 2.05) is 6.92 Å². The van der Waals surface area contributed by atoms with Gasteiger partial charge in [-0.1, -0.05) is 0 Å². The summed E-state index contributed by atoms with van der Waals surface area (Å²) in [5, 5.41) is 9.74. The van der Waals surface area contributed by atoms with Gasteiger partial charge in [-0.2, -0.15) is 0 Å². The van der Waals surface area contributed by atoms with Gasteiger partial charge < -0.3 is 14.8 Å². The number of nitrogens with one attached hydrogen (secondary N) is 2. The molecule has 3 rings (SSSR count). The molecule has 9 heteroatoms. The number of nitrogens with zero attached hydrogens (tertiary/aromatic N) is 1. The summed E-state index contributed by atoms with van der Waals surface area (Å²) in [5.74, 6) is -0.0333. The van der Waals surface area contributed by atoms with Crippen LogP contribution in [0.15, 0.2) is 32.8 Å². The number of fused-ring (bicyclic) bond motifs is 1. The number of aliphatic hydroxyl groups excluding tert-OH is 1. The lowest BCUT2D eigenvalue weighted by Crippen LogP contribution is -2.23. The second kappa shape index (κ2) is 8.26. The van der Waals surface area contributed by atoms with Crippen LogP contribution in [0.5, 0.6) is 0 Å². The number of aliphatic hydroxyl groups is 1. The second-order valence-corrected chi connectivity index (χ2v) is 7.43. The van der Waals surface area contributed by atoms with Crippen molar-refractivity contribution in [3.63, 3.8) is 0 Å². The summed E-state index contributed by atoms with van der Waals surface area (Å²) in [6.45, 7) is 3.29. The Kier molecular flexibility index (Phi) is 5.97. The number of aromatic nitrogens is 3.